The molecule has 2 aromatic heterocycles. The molecule has 33 heavy (non-hydrogen) atoms. The van der Waals surface area contributed by atoms with E-state index >= 15 is 0 Å². The van der Waals surface area contributed by atoms with Crippen LogP contribution >= 0.6 is 0 Å². The number of rotatable bonds is 10. The van der Waals surface area contributed by atoms with E-state index in [0.717, 1.165) is 36.5 Å². The Hall–Kier alpha value is -2.73. The molecule has 0 aliphatic carbocycles. The third-order valence-corrected chi connectivity index (χ3v) is 6.77. The second-order valence-corrected chi connectivity index (χ2v) is 9.01. The average molecular weight is 451 g/mol. The number of hydrogen-bond donors (Lipinski definition) is 1. The molecule has 0 spiro atoms. The maximum absolute atomic E-state index is 9.58. The summed E-state index contributed by atoms with van der Waals surface area (Å²) in [5, 5.41) is 13.0. The topological polar surface area (TPSA) is 86.5 Å². The summed E-state index contributed by atoms with van der Waals surface area (Å²) in [6.45, 7) is 4.58. The first-order valence-electron chi connectivity index (χ1n) is 11.8. The van der Waals surface area contributed by atoms with Gasteiger partial charge in [-0.3, -0.25) is 9.97 Å². The number of pyridine rings is 2. The Morgan fingerprint density at radius 1 is 1.03 bits per heavy atom. The summed E-state index contributed by atoms with van der Waals surface area (Å²) in [4.78, 5) is 13.4. The zero-order valence-electron chi connectivity index (χ0n) is 19.7. The van der Waals surface area contributed by atoms with Crippen molar-refractivity contribution in [2.75, 3.05) is 40.4 Å². The molecule has 2 atom stereocenters. The van der Waals surface area contributed by atoms with Crippen LogP contribution in [0.2, 0.25) is 0 Å². The molecule has 2 fully saturated rings. The first-order valence-corrected chi connectivity index (χ1v) is 11.8. The lowest BCUT2D eigenvalue weighted by Crippen LogP contribution is -2.31. The van der Waals surface area contributed by atoms with Crippen molar-refractivity contribution in [2.24, 2.45) is 0 Å². The fourth-order valence-corrected chi connectivity index (χ4v) is 4.61. The molecule has 4 rings (SSSR count). The second-order valence-electron chi connectivity index (χ2n) is 9.01. The third-order valence-electron chi connectivity index (χ3n) is 6.77. The number of nitrogens with zero attached hydrogens (tertiary/aromatic N) is 5. The van der Waals surface area contributed by atoms with Crippen molar-refractivity contribution < 1.29 is 9.47 Å². The fraction of sp³-hybridized carbons (Fsp3) is 0.560. The Bertz CT molecular complexity index is 962. The van der Waals surface area contributed by atoms with Gasteiger partial charge >= 0.3 is 0 Å². The highest BCUT2D eigenvalue weighted by Gasteiger charge is 2.23. The van der Waals surface area contributed by atoms with E-state index in [1.165, 1.54) is 19.3 Å². The van der Waals surface area contributed by atoms with Crippen LogP contribution in [0.1, 0.15) is 42.5 Å². The molecule has 4 heterocycles. The Balaban J connectivity index is 1.36. The fourth-order valence-electron chi connectivity index (χ4n) is 4.61. The van der Waals surface area contributed by atoms with Crippen molar-refractivity contribution in [1.82, 2.24) is 25.1 Å². The largest absolute Gasteiger partial charge is 0.490 e. The van der Waals surface area contributed by atoms with E-state index in [1.54, 1.807) is 24.7 Å². The molecule has 2 aliphatic heterocycles. The van der Waals surface area contributed by atoms with Gasteiger partial charge in [0, 0.05) is 43.1 Å². The van der Waals surface area contributed by atoms with Crippen LogP contribution in [-0.4, -0.2) is 72.3 Å². The van der Waals surface area contributed by atoms with Gasteiger partial charge in [0.15, 0.2) is 5.75 Å². The zero-order chi connectivity index (χ0) is 23.0. The average Bonchev–Trinajstić information content (AvgIpc) is 3.44. The number of ether oxygens (including phenoxy) is 2. The number of aromatic nitrogens is 2. The first kappa shape index (κ1) is 23.4. The number of nitriles is 1. The van der Waals surface area contributed by atoms with E-state index < -0.39 is 0 Å². The highest BCUT2D eigenvalue weighted by molar-refractivity contribution is 5.45. The molecule has 8 heteroatoms. The number of hydrogen-bond acceptors (Lipinski definition) is 8. The zero-order valence-corrected chi connectivity index (χ0v) is 19.7. The Labute approximate surface area is 196 Å². The highest BCUT2D eigenvalue weighted by Crippen LogP contribution is 2.25. The van der Waals surface area contributed by atoms with Crippen LogP contribution in [0.5, 0.6) is 11.5 Å². The summed E-state index contributed by atoms with van der Waals surface area (Å²) in [6, 6.07) is 6.78. The summed E-state index contributed by atoms with van der Waals surface area (Å²) >= 11 is 0. The molecule has 0 aromatic carbocycles. The molecule has 0 amide bonds. The molecule has 8 nitrogen and oxygen atoms in total. The smallest absolute Gasteiger partial charge is 0.159 e. The first-order chi connectivity index (χ1) is 16.2. The maximum atomic E-state index is 9.58. The third kappa shape index (κ3) is 5.99. The monoisotopic (exact) mass is 450 g/mol. The van der Waals surface area contributed by atoms with E-state index in [2.05, 4.69) is 45.2 Å². The van der Waals surface area contributed by atoms with Crippen LogP contribution in [-0.2, 0) is 13.1 Å². The molecule has 0 saturated carbocycles. The SMILES string of the molecule is CN1CCC[C@H]1COc1cnccc1CNCc1nccc(C#N)c1OC[C@@H]1CCCN1C. The van der Waals surface area contributed by atoms with Crippen molar-refractivity contribution in [3.05, 3.63) is 47.5 Å². The Morgan fingerprint density at radius 2 is 1.76 bits per heavy atom. The molecule has 2 saturated heterocycles. The number of nitrogens with one attached hydrogen (secondary N) is 1. The summed E-state index contributed by atoms with van der Waals surface area (Å²) in [7, 11) is 4.27. The van der Waals surface area contributed by atoms with Crippen molar-refractivity contribution >= 4 is 0 Å². The van der Waals surface area contributed by atoms with Crippen LogP contribution in [0.4, 0.5) is 0 Å². The van der Waals surface area contributed by atoms with Gasteiger partial charge in [-0.25, -0.2) is 0 Å². The van der Waals surface area contributed by atoms with Gasteiger partial charge in [0.2, 0.25) is 0 Å². The van der Waals surface area contributed by atoms with Gasteiger partial charge in [0.05, 0.1) is 17.5 Å². The molecule has 2 aliphatic rings. The lowest BCUT2D eigenvalue weighted by molar-refractivity contribution is 0.195. The van der Waals surface area contributed by atoms with Gasteiger partial charge in [0.25, 0.3) is 0 Å². The van der Waals surface area contributed by atoms with E-state index in [-0.39, 0.29) is 0 Å². The molecular formula is C25H34N6O2. The summed E-state index contributed by atoms with van der Waals surface area (Å²) in [6.07, 6.45) is 9.94. The molecule has 2 aromatic rings. The van der Waals surface area contributed by atoms with Crippen LogP contribution in [0.25, 0.3) is 0 Å². The van der Waals surface area contributed by atoms with Crippen LogP contribution in [0.3, 0.4) is 0 Å². The van der Waals surface area contributed by atoms with Crippen molar-refractivity contribution in [3.8, 4) is 17.6 Å². The van der Waals surface area contributed by atoms with Crippen LogP contribution in [0.15, 0.2) is 30.7 Å². The Kier molecular flexibility index (Phi) is 8.10. The molecule has 0 bridgehead atoms. The molecule has 1 N–H and O–H groups in total. The van der Waals surface area contributed by atoms with Crippen molar-refractivity contribution in [1.29, 1.82) is 5.26 Å². The van der Waals surface area contributed by atoms with E-state index in [4.69, 9.17) is 9.47 Å². The minimum atomic E-state index is 0.382. The Morgan fingerprint density at radius 3 is 2.42 bits per heavy atom. The molecule has 0 radical (unpaired) electrons. The molecule has 0 unspecified atom stereocenters. The van der Waals surface area contributed by atoms with Gasteiger partial charge in [0.1, 0.15) is 25.0 Å². The number of likely N-dealkylation sites (N-methyl/N-ethyl adjacent to an activating group) is 2. The van der Waals surface area contributed by atoms with Gasteiger partial charge in [-0.05, 0) is 65.0 Å². The standard InChI is InChI=1S/C25H34N6O2/c1-30-11-3-5-21(30)17-32-24-16-27-9-7-20(24)14-28-15-23-25(19(13-26)8-10-29-23)33-18-22-6-4-12-31(22)2/h7-10,16,21-22,28H,3-6,11-12,14-15,17-18H2,1-2H3/t21-,22-/m0/s1. The van der Waals surface area contributed by atoms with Gasteiger partial charge in [-0.1, -0.05) is 0 Å². The predicted octanol–water partition coefficient (Wildman–Crippen LogP) is 2.58. The lowest BCUT2D eigenvalue weighted by atomic mass is 10.2. The maximum Gasteiger partial charge on any atom is 0.159 e. The predicted molar refractivity (Wildman–Crippen MR) is 126 cm³/mol. The minimum absolute atomic E-state index is 0.382. The molecule has 176 valence electrons. The second kappa shape index (κ2) is 11.4. The quantitative estimate of drug-likeness (QED) is 0.591. The van der Waals surface area contributed by atoms with Crippen LogP contribution < -0.4 is 14.8 Å². The van der Waals surface area contributed by atoms with Crippen LogP contribution in [0, 0.1) is 11.3 Å². The van der Waals surface area contributed by atoms with Gasteiger partial charge < -0.3 is 24.6 Å². The van der Waals surface area contributed by atoms with E-state index in [9.17, 15) is 5.26 Å². The number of likely N-dealkylation sites (tertiary alicyclic amines) is 2. The normalized spacial score (nSPS) is 21.2. The lowest BCUT2D eigenvalue weighted by Gasteiger charge is -2.21. The summed E-state index contributed by atoms with van der Waals surface area (Å²) < 4.78 is 12.3. The van der Waals surface area contributed by atoms with Gasteiger partial charge in [-0.2, -0.15) is 5.26 Å². The molecular weight excluding hydrogens is 416 g/mol. The summed E-state index contributed by atoms with van der Waals surface area (Å²) in [5.41, 5.74) is 2.33. The van der Waals surface area contributed by atoms with Crippen molar-refractivity contribution in [3.63, 3.8) is 0 Å². The summed E-state index contributed by atoms with van der Waals surface area (Å²) in [5.74, 6) is 1.40. The van der Waals surface area contributed by atoms with E-state index in [0.29, 0.717) is 49.7 Å². The van der Waals surface area contributed by atoms with E-state index in [1.807, 2.05) is 6.07 Å². The van der Waals surface area contributed by atoms with Gasteiger partial charge in [-0.15, -0.1) is 0 Å². The highest BCUT2D eigenvalue weighted by atomic mass is 16.5. The minimum Gasteiger partial charge on any atom is -0.490 e. The van der Waals surface area contributed by atoms with Crippen molar-refractivity contribution in [2.45, 2.75) is 50.9 Å².